The quantitative estimate of drug-likeness (QED) is 0.330. The highest BCUT2D eigenvalue weighted by Gasteiger charge is 2.21. The monoisotopic (exact) mass is 552 g/mol. The van der Waals surface area contributed by atoms with Gasteiger partial charge in [0.2, 0.25) is 5.91 Å². The van der Waals surface area contributed by atoms with Gasteiger partial charge in [-0.2, -0.15) is 0 Å². The lowest BCUT2D eigenvalue weighted by atomic mass is 10.1. The number of rotatable bonds is 5. The van der Waals surface area contributed by atoms with E-state index in [-0.39, 0.29) is 29.9 Å². The number of fused-ring (bicyclic) bond motifs is 1. The fraction of sp³-hybridized carbons (Fsp3) is 0.368. The van der Waals surface area contributed by atoms with Crippen molar-refractivity contribution in [3.05, 3.63) is 55.7 Å². The first-order valence-corrected chi connectivity index (χ1v) is 10.4. The molecule has 1 aliphatic rings. The van der Waals surface area contributed by atoms with Crippen molar-refractivity contribution < 1.29 is 4.79 Å². The third kappa shape index (κ3) is 6.23. The number of nitrogens with one attached hydrogen (secondary N) is 2. The summed E-state index contributed by atoms with van der Waals surface area (Å²) in [6.07, 6.45) is 1.39. The molecule has 0 saturated heterocycles. The van der Waals surface area contributed by atoms with Crippen LogP contribution in [0.1, 0.15) is 22.4 Å². The minimum absolute atomic E-state index is 0. The SMILES string of the molecule is CN=C(NCCC(=O)N1CCc2sccc2C1)NCc1ccc(Cl)cc1Cl.I. The molecule has 0 spiro atoms. The summed E-state index contributed by atoms with van der Waals surface area (Å²) in [5.41, 5.74) is 2.21. The first kappa shape index (κ1) is 23.3. The highest BCUT2D eigenvalue weighted by molar-refractivity contribution is 14.0. The van der Waals surface area contributed by atoms with E-state index in [1.807, 2.05) is 11.0 Å². The second-order valence-electron chi connectivity index (χ2n) is 6.27. The largest absolute Gasteiger partial charge is 0.356 e. The molecule has 9 heteroatoms. The Kier molecular flexibility index (Phi) is 9.33. The smallest absolute Gasteiger partial charge is 0.224 e. The van der Waals surface area contributed by atoms with Gasteiger partial charge in [-0.05, 0) is 41.1 Å². The Hall–Kier alpha value is -1.03. The van der Waals surface area contributed by atoms with Gasteiger partial charge >= 0.3 is 0 Å². The number of thiophene rings is 1. The Morgan fingerprint density at radius 1 is 1.29 bits per heavy atom. The van der Waals surface area contributed by atoms with Gasteiger partial charge in [-0.25, -0.2) is 0 Å². The molecule has 28 heavy (non-hydrogen) atoms. The number of carbonyl (C=O) groups is 1. The van der Waals surface area contributed by atoms with Crippen molar-refractivity contribution in [1.29, 1.82) is 0 Å². The first-order chi connectivity index (χ1) is 13.1. The predicted molar refractivity (Wildman–Crippen MR) is 128 cm³/mol. The van der Waals surface area contributed by atoms with Gasteiger partial charge in [-0.1, -0.05) is 29.3 Å². The molecular formula is C19H23Cl2IN4OS. The van der Waals surface area contributed by atoms with Gasteiger partial charge in [-0.3, -0.25) is 9.79 Å². The summed E-state index contributed by atoms with van der Waals surface area (Å²) >= 11 is 13.9. The number of hydrogen-bond acceptors (Lipinski definition) is 3. The molecule has 0 atom stereocenters. The molecule has 1 aliphatic heterocycles. The van der Waals surface area contributed by atoms with Crippen LogP contribution in [-0.2, 0) is 24.3 Å². The Balaban J connectivity index is 0.00000280. The van der Waals surface area contributed by atoms with Crippen LogP contribution in [-0.4, -0.2) is 36.9 Å². The molecule has 5 nitrogen and oxygen atoms in total. The zero-order chi connectivity index (χ0) is 19.2. The second kappa shape index (κ2) is 11.2. The summed E-state index contributed by atoms with van der Waals surface area (Å²) in [5, 5.41) is 9.69. The van der Waals surface area contributed by atoms with Crippen molar-refractivity contribution in [2.24, 2.45) is 4.99 Å². The Morgan fingerprint density at radius 3 is 2.86 bits per heavy atom. The maximum Gasteiger partial charge on any atom is 0.224 e. The molecule has 2 aromatic rings. The van der Waals surface area contributed by atoms with E-state index in [1.165, 1.54) is 10.4 Å². The standard InChI is InChI=1S/C19H22Cl2N4OS.HI/c1-22-19(24-11-13-2-3-15(20)10-16(13)21)23-7-4-18(26)25-8-5-17-14(12-25)6-9-27-17;/h2-3,6,9-10H,4-5,7-8,11-12H2,1H3,(H2,22,23,24);1H. The minimum Gasteiger partial charge on any atom is -0.356 e. The van der Waals surface area contributed by atoms with E-state index < -0.39 is 0 Å². The van der Waals surface area contributed by atoms with Crippen molar-refractivity contribution in [1.82, 2.24) is 15.5 Å². The molecule has 1 aromatic carbocycles. The molecule has 0 unspecified atom stereocenters. The summed E-state index contributed by atoms with van der Waals surface area (Å²) in [4.78, 5) is 20.0. The van der Waals surface area contributed by atoms with Crippen molar-refractivity contribution in [3.63, 3.8) is 0 Å². The van der Waals surface area contributed by atoms with Crippen molar-refractivity contribution in [3.8, 4) is 0 Å². The molecule has 0 aliphatic carbocycles. The van der Waals surface area contributed by atoms with Crippen LogP contribution < -0.4 is 10.6 Å². The lowest BCUT2D eigenvalue weighted by Gasteiger charge is -2.27. The third-order valence-corrected chi connectivity index (χ3v) is 6.09. The maximum atomic E-state index is 12.5. The summed E-state index contributed by atoms with van der Waals surface area (Å²) < 4.78 is 0. The van der Waals surface area contributed by atoms with Gasteiger partial charge in [0.1, 0.15) is 0 Å². The van der Waals surface area contributed by atoms with Crippen LogP contribution in [0.15, 0.2) is 34.6 Å². The van der Waals surface area contributed by atoms with Crippen molar-refractivity contribution in [2.75, 3.05) is 20.1 Å². The van der Waals surface area contributed by atoms with E-state index in [0.29, 0.717) is 35.5 Å². The first-order valence-electron chi connectivity index (χ1n) is 8.78. The average molecular weight is 553 g/mol. The number of benzene rings is 1. The average Bonchev–Trinajstić information content (AvgIpc) is 3.13. The van der Waals surface area contributed by atoms with Crippen LogP contribution in [0.2, 0.25) is 10.0 Å². The highest BCUT2D eigenvalue weighted by atomic mass is 127. The van der Waals surface area contributed by atoms with E-state index in [4.69, 9.17) is 23.2 Å². The predicted octanol–water partition coefficient (Wildman–Crippen LogP) is 4.31. The molecule has 2 heterocycles. The van der Waals surface area contributed by atoms with Crippen LogP contribution in [0.5, 0.6) is 0 Å². The Labute approximate surface area is 196 Å². The van der Waals surface area contributed by atoms with Crippen LogP contribution >= 0.6 is 58.5 Å². The highest BCUT2D eigenvalue weighted by Crippen LogP contribution is 2.24. The zero-order valence-electron chi connectivity index (χ0n) is 15.5. The molecule has 2 N–H and O–H groups in total. The lowest BCUT2D eigenvalue weighted by Crippen LogP contribution is -2.40. The van der Waals surface area contributed by atoms with E-state index in [2.05, 4.69) is 27.1 Å². The van der Waals surface area contributed by atoms with E-state index in [1.54, 1.807) is 30.5 Å². The van der Waals surface area contributed by atoms with Crippen LogP contribution in [0.4, 0.5) is 0 Å². The molecule has 0 radical (unpaired) electrons. The maximum absolute atomic E-state index is 12.5. The molecule has 1 amide bonds. The Bertz CT molecular complexity index is 843. The normalized spacial score (nSPS) is 13.5. The van der Waals surface area contributed by atoms with Gasteiger partial charge in [0.05, 0.1) is 0 Å². The molecule has 152 valence electrons. The second-order valence-corrected chi connectivity index (χ2v) is 8.12. The number of amides is 1. The summed E-state index contributed by atoms with van der Waals surface area (Å²) in [5.74, 6) is 0.795. The van der Waals surface area contributed by atoms with Gasteiger partial charge in [0.15, 0.2) is 5.96 Å². The van der Waals surface area contributed by atoms with Gasteiger partial charge in [0.25, 0.3) is 0 Å². The van der Waals surface area contributed by atoms with E-state index in [9.17, 15) is 4.79 Å². The number of carbonyl (C=O) groups excluding carboxylic acids is 1. The molecule has 0 fully saturated rings. The number of halogens is 3. The zero-order valence-corrected chi connectivity index (χ0v) is 20.2. The molecule has 3 rings (SSSR count). The summed E-state index contributed by atoms with van der Waals surface area (Å²) in [6.45, 7) is 2.57. The lowest BCUT2D eigenvalue weighted by molar-refractivity contribution is -0.131. The summed E-state index contributed by atoms with van der Waals surface area (Å²) in [7, 11) is 1.70. The Morgan fingerprint density at radius 2 is 2.11 bits per heavy atom. The number of aliphatic imine (C=N–C) groups is 1. The number of guanidine groups is 1. The van der Waals surface area contributed by atoms with E-state index in [0.717, 1.165) is 25.1 Å². The molecule has 0 saturated carbocycles. The fourth-order valence-corrected chi connectivity index (χ4v) is 4.34. The number of nitrogens with zero attached hydrogens (tertiary/aromatic N) is 2. The molecule has 0 bridgehead atoms. The van der Waals surface area contributed by atoms with Crippen molar-refractivity contribution >= 4 is 70.4 Å². The van der Waals surface area contributed by atoms with Crippen LogP contribution in [0.25, 0.3) is 0 Å². The minimum atomic E-state index is 0. The van der Waals surface area contributed by atoms with Crippen molar-refractivity contribution in [2.45, 2.75) is 25.9 Å². The van der Waals surface area contributed by atoms with Gasteiger partial charge in [0, 0.05) is 54.6 Å². The van der Waals surface area contributed by atoms with Gasteiger partial charge in [-0.15, -0.1) is 35.3 Å². The molecular weight excluding hydrogens is 530 g/mol. The van der Waals surface area contributed by atoms with Crippen LogP contribution in [0, 0.1) is 0 Å². The topological polar surface area (TPSA) is 56.7 Å². The van der Waals surface area contributed by atoms with Gasteiger partial charge < -0.3 is 15.5 Å². The third-order valence-electron chi connectivity index (χ3n) is 4.48. The van der Waals surface area contributed by atoms with Crippen LogP contribution in [0.3, 0.4) is 0 Å². The fourth-order valence-electron chi connectivity index (χ4n) is 2.97. The number of hydrogen-bond donors (Lipinski definition) is 2. The molecule has 1 aromatic heterocycles. The van der Waals surface area contributed by atoms with E-state index >= 15 is 0 Å². The summed E-state index contributed by atoms with van der Waals surface area (Å²) in [6, 6.07) is 7.51.